The summed E-state index contributed by atoms with van der Waals surface area (Å²) < 4.78 is 1.69. The molecule has 1 aromatic rings. The van der Waals surface area contributed by atoms with Gasteiger partial charge in [0.05, 0.1) is 3.57 Å². The predicted molar refractivity (Wildman–Crippen MR) is 63.5 cm³/mol. The first-order valence-corrected chi connectivity index (χ1v) is 5.37. The van der Waals surface area contributed by atoms with Crippen molar-refractivity contribution in [1.82, 2.24) is 0 Å². The summed E-state index contributed by atoms with van der Waals surface area (Å²) in [6, 6.07) is 3.26. The van der Waals surface area contributed by atoms with Gasteiger partial charge in [0.25, 0.3) is 0 Å². The minimum Gasteiger partial charge on any atom is -0.507 e. The summed E-state index contributed by atoms with van der Waals surface area (Å²) in [7, 11) is 0. The first-order chi connectivity index (χ1) is 5.52. The van der Waals surface area contributed by atoms with Crippen LogP contribution in [0.1, 0.15) is 17.3 Å². The van der Waals surface area contributed by atoms with Crippen molar-refractivity contribution in [2.24, 2.45) is 0 Å². The molecule has 0 aliphatic carbocycles. The molecule has 0 aromatic heterocycles. The average molecular weight is 388 g/mol. The van der Waals surface area contributed by atoms with E-state index in [1.165, 1.54) is 13.0 Å². The second-order valence-electron chi connectivity index (χ2n) is 2.35. The maximum absolute atomic E-state index is 10.9. The summed E-state index contributed by atoms with van der Waals surface area (Å²) in [4.78, 5) is 10.9. The minimum absolute atomic E-state index is 0.0281. The molecule has 0 aliphatic rings. The van der Waals surface area contributed by atoms with Gasteiger partial charge in [-0.1, -0.05) is 0 Å². The molecule has 1 rings (SSSR count). The van der Waals surface area contributed by atoms with Crippen LogP contribution >= 0.6 is 45.2 Å². The second-order valence-corrected chi connectivity index (χ2v) is 4.59. The molecular formula is C8H6I2O2. The zero-order valence-corrected chi connectivity index (χ0v) is 10.6. The van der Waals surface area contributed by atoms with Gasteiger partial charge in [0.15, 0.2) is 5.78 Å². The Morgan fingerprint density at radius 1 is 1.42 bits per heavy atom. The summed E-state index contributed by atoms with van der Waals surface area (Å²) in [5, 5.41) is 9.37. The van der Waals surface area contributed by atoms with Gasteiger partial charge in [-0.25, -0.2) is 0 Å². The molecule has 0 radical (unpaired) electrons. The third-order valence-corrected chi connectivity index (χ3v) is 4.43. The smallest absolute Gasteiger partial charge is 0.159 e. The highest BCUT2D eigenvalue weighted by atomic mass is 127. The van der Waals surface area contributed by atoms with Crippen LogP contribution in [0.4, 0.5) is 0 Å². The first kappa shape index (κ1) is 10.2. The van der Waals surface area contributed by atoms with Crippen LogP contribution in [0.5, 0.6) is 5.75 Å². The number of Topliss-reactive ketones (excluding diaryl/α,β-unsaturated/α-hetero) is 1. The largest absolute Gasteiger partial charge is 0.507 e. The zero-order chi connectivity index (χ0) is 9.30. The van der Waals surface area contributed by atoms with E-state index in [2.05, 4.69) is 22.6 Å². The highest BCUT2D eigenvalue weighted by molar-refractivity contribution is 14.1. The van der Waals surface area contributed by atoms with Gasteiger partial charge in [0, 0.05) is 9.13 Å². The van der Waals surface area contributed by atoms with Crippen molar-refractivity contribution >= 4 is 51.0 Å². The van der Waals surface area contributed by atoms with Crippen molar-refractivity contribution in [3.05, 3.63) is 24.8 Å². The summed E-state index contributed by atoms with van der Waals surface area (Å²) in [5.41, 5.74) is 0.553. The fourth-order valence-corrected chi connectivity index (χ4v) is 1.70. The molecule has 0 bridgehead atoms. The monoisotopic (exact) mass is 388 g/mol. The Morgan fingerprint density at radius 3 is 2.42 bits per heavy atom. The van der Waals surface area contributed by atoms with Crippen molar-refractivity contribution in [3.8, 4) is 5.75 Å². The number of carbonyl (C=O) groups is 1. The SMILES string of the molecule is CC(=O)c1cc(O)c(I)c(I)c1. The first-order valence-electron chi connectivity index (χ1n) is 3.21. The van der Waals surface area contributed by atoms with Crippen LogP contribution in [0.25, 0.3) is 0 Å². The number of hydrogen-bond donors (Lipinski definition) is 1. The third-order valence-electron chi connectivity index (χ3n) is 1.42. The van der Waals surface area contributed by atoms with Crippen LogP contribution in [0.3, 0.4) is 0 Å². The van der Waals surface area contributed by atoms with Gasteiger partial charge in [-0.2, -0.15) is 0 Å². The number of phenols is 1. The lowest BCUT2D eigenvalue weighted by atomic mass is 10.1. The van der Waals surface area contributed by atoms with Crippen LogP contribution in [-0.4, -0.2) is 10.9 Å². The van der Waals surface area contributed by atoms with E-state index in [0.29, 0.717) is 5.56 Å². The van der Waals surface area contributed by atoms with Gasteiger partial charge in [-0.3, -0.25) is 4.79 Å². The number of rotatable bonds is 1. The van der Waals surface area contributed by atoms with Gasteiger partial charge >= 0.3 is 0 Å². The average Bonchev–Trinajstić information content (AvgIpc) is 1.99. The van der Waals surface area contributed by atoms with Crippen LogP contribution in [0.15, 0.2) is 12.1 Å². The quantitative estimate of drug-likeness (QED) is 0.594. The molecule has 0 saturated carbocycles. The standard InChI is InChI=1S/C8H6I2O2/c1-4(11)5-2-6(9)8(10)7(12)3-5/h2-3,12H,1H3. The fraction of sp³-hybridized carbons (Fsp3) is 0.125. The van der Waals surface area contributed by atoms with Crippen LogP contribution < -0.4 is 0 Å². The van der Waals surface area contributed by atoms with E-state index < -0.39 is 0 Å². The maximum atomic E-state index is 10.9. The lowest BCUT2D eigenvalue weighted by Gasteiger charge is -2.02. The molecule has 0 atom stereocenters. The van der Waals surface area contributed by atoms with Crippen molar-refractivity contribution in [2.45, 2.75) is 6.92 Å². The van der Waals surface area contributed by atoms with E-state index in [-0.39, 0.29) is 11.5 Å². The lowest BCUT2D eigenvalue weighted by molar-refractivity contribution is 0.101. The number of phenolic OH excluding ortho intramolecular Hbond substituents is 1. The Hall–Kier alpha value is 0.150. The Kier molecular flexibility index (Phi) is 3.33. The highest BCUT2D eigenvalue weighted by Crippen LogP contribution is 2.26. The van der Waals surface area contributed by atoms with Crippen molar-refractivity contribution in [1.29, 1.82) is 0 Å². The molecule has 4 heteroatoms. The van der Waals surface area contributed by atoms with Gasteiger partial charge in [-0.05, 0) is 64.2 Å². The Bertz CT molecular complexity index is 311. The molecule has 0 spiro atoms. The van der Waals surface area contributed by atoms with Gasteiger partial charge in [0.1, 0.15) is 5.75 Å². The molecular weight excluding hydrogens is 382 g/mol. The van der Waals surface area contributed by atoms with E-state index in [1.54, 1.807) is 6.07 Å². The van der Waals surface area contributed by atoms with Crippen molar-refractivity contribution in [3.63, 3.8) is 0 Å². The molecule has 0 heterocycles. The number of benzene rings is 1. The van der Waals surface area contributed by atoms with E-state index >= 15 is 0 Å². The third kappa shape index (κ3) is 2.09. The molecule has 1 N–H and O–H groups in total. The van der Waals surface area contributed by atoms with Gasteiger partial charge in [-0.15, -0.1) is 0 Å². The van der Waals surface area contributed by atoms with E-state index in [0.717, 1.165) is 7.14 Å². The van der Waals surface area contributed by atoms with E-state index in [9.17, 15) is 9.90 Å². The molecule has 0 aliphatic heterocycles. The van der Waals surface area contributed by atoms with Crippen LogP contribution in [0.2, 0.25) is 0 Å². The molecule has 2 nitrogen and oxygen atoms in total. The van der Waals surface area contributed by atoms with Crippen LogP contribution in [-0.2, 0) is 0 Å². The molecule has 0 saturated heterocycles. The van der Waals surface area contributed by atoms with Crippen molar-refractivity contribution in [2.75, 3.05) is 0 Å². The molecule has 0 amide bonds. The fourth-order valence-electron chi connectivity index (χ4n) is 0.778. The van der Waals surface area contributed by atoms with Gasteiger partial charge in [0.2, 0.25) is 0 Å². The lowest BCUT2D eigenvalue weighted by Crippen LogP contribution is -1.94. The normalized spacial score (nSPS) is 9.92. The topological polar surface area (TPSA) is 37.3 Å². The number of carbonyl (C=O) groups excluding carboxylic acids is 1. The maximum Gasteiger partial charge on any atom is 0.159 e. The van der Waals surface area contributed by atoms with Gasteiger partial charge < -0.3 is 5.11 Å². The summed E-state index contributed by atoms with van der Waals surface area (Å²) in [5.74, 6) is 0.146. The summed E-state index contributed by atoms with van der Waals surface area (Å²) >= 11 is 4.13. The summed E-state index contributed by atoms with van der Waals surface area (Å²) in [6.07, 6.45) is 0. The van der Waals surface area contributed by atoms with Crippen LogP contribution in [0, 0.1) is 7.14 Å². The molecule has 0 fully saturated rings. The number of aromatic hydroxyl groups is 1. The Morgan fingerprint density at radius 2 is 2.00 bits per heavy atom. The molecule has 1 aromatic carbocycles. The highest BCUT2D eigenvalue weighted by Gasteiger charge is 2.07. The molecule has 0 unspecified atom stereocenters. The second kappa shape index (κ2) is 3.91. The minimum atomic E-state index is -0.0281. The Labute approximate surface area is 97.6 Å². The zero-order valence-electron chi connectivity index (χ0n) is 6.27. The summed E-state index contributed by atoms with van der Waals surface area (Å²) in [6.45, 7) is 1.48. The van der Waals surface area contributed by atoms with E-state index in [1.807, 2.05) is 22.6 Å². The van der Waals surface area contributed by atoms with E-state index in [4.69, 9.17) is 0 Å². The Balaban J connectivity index is 3.31. The number of halogens is 2. The van der Waals surface area contributed by atoms with Crippen molar-refractivity contribution < 1.29 is 9.90 Å². The molecule has 12 heavy (non-hydrogen) atoms. The number of hydrogen-bond acceptors (Lipinski definition) is 2. The predicted octanol–water partition coefficient (Wildman–Crippen LogP) is 2.80. The number of ketones is 1. The molecule has 64 valence electrons.